The molecule has 1 saturated carbocycles. The molecule has 0 aromatic carbocycles. The molecule has 2 N–H and O–H groups in total. The fourth-order valence-electron chi connectivity index (χ4n) is 3.17. The highest BCUT2D eigenvalue weighted by Gasteiger charge is 2.52. The third-order valence-corrected chi connectivity index (χ3v) is 4.82. The van der Waals surface area contributed by atoms with Crippen LogP contribution in [0, 0.1) is 11.3 Å². The van der Waals surface area contributed by atoms with Crippen LogP contribution >= 0.6 is 0 Å². The highest BCUT2D eigenvalue weighted by atomic mass is 16.2. The maximum Gasteiger partial charge on any atom is 0.226 e. The van der Waals surface area contributed by atoms with Crippen molar-refractivity contribution in [3.63, 3.8) is 0 Å². The predicted molar refractivity (Wildman–Crippen MR) is 83.9 cm³/mol. The van der Waals surface area contributed by atoms with Crippen LogP contribution in [0.1, 0.15) is 27.2 Å². The molecule has 0 unspecified atom stereocenters. The fourth-order valence-corrected chi connectivity index (χ4v) is 3.17. The molecule has 2 heterocycles. The molecule has 1 aromatic heterocycles. The number of nitrogen functional groups attached to an aromatic ring is 1. The van der Waals surface area contributed by atoms with E-state index in [1.807, 2.05) is 17.0 Å². The average Bonchev–Trinajstić information content (AvgIpc) is 3.08. The van der Waals surface area contributed by atoms with Crippen molar-refractivity contribution in [2.45, 2.75) is 33.2 Å². The van der Waals surface area contributed by atoms with Crippen molar-refractivity contribution < 1.29 is 4.79 Å². The molecule has 21 heavy (non-hydrogen) atoms. The fraction of sp³-hybridized carbons (Fsp3) is 0.625. The molecule has 1 aromatic rings. The Morgan fingerprint density at radius 2 is 2.10 bits per heavy atom. The summed E-state index contributed by atoms with van der Waals surface area (Å²) in [7, 11) is 0. The van der Waals surface area contributed by atoms with Gasteiger partial charge in [-0.2, -0.15) is 0 Å². The number of aromatic nitrogens is 1. The van der Waals surface area contributed by atoms with Gasteiger partial charge < -0.3 is 15.5 Å². The molecule has 0 bridgehead atoms. The number of pyridine rings is 1. The third-order valence-electron chi connectivity index (χ3n) is 4.82. The van der Waals surface area contributed by atoms with Crippen molar-refractivity contribution in [2.75, 3.05) is 30.3 Å². The van der Waals surface area contributed by atoms with Gasteiger partial charge in [0.25, 0.3) is 0 Å². The summed E-state index contributed by atoms with van der Waals surface area (Å²) in [5.74, 6) is 1.50. The second kappa shape index (κ2) is 4.90. The van der Waals surface area contributed by atoms with Crippen molar-refractivity contribution in [1.82, 2.24) is 9.88 Å². The summed E-state index contributed by atoms with van der Waals surface area (Å²) in [5, 5.41) is 0. The van der Waals surface area contributed by atoms with E-state index >= 15 is 0 Å². The molecule has 5 nitrogen and oxygen atoms in total. The van der Waals surface area contributed by atoms with Gasteiger partial charge in [0.05, 0.1) is 11.9 Å². The highest BCUT2D eigenvalue weighted by Crippen LogP contribution is 2.52. The number of nitrogens with zero attached hydrogens (tertiary/aromatic N) is 3. The first-order valence-corrected chi connectivity index (χ1v) is 7.65. The van der Waals surface area contributed by atoms with Crippen molar-refractivity contribution >= 4 is 17.4 Å². The molecular formula is C16H24N4O. The molecule has 0 spiro atoms. The normalized spacial score (nSPS) is 27.6. The minimum Gasteiger partial charge on any atom is -0.397 e. The van der Waals surface area contributed by atoms with Gasteiger partial charge in [-0.05, 0) is 30.9 Å². The number of carbonyl (C=O) groups is 1. The van der Waals surface area contributed by atoms with E-state index in [-0.39, 0.29) is 17.4 Å². The SMILES string of the molecule is C[C@@H]1CN(C(=O)[C@H]2CC2(C)C)CCN1c1ccc(N)cn1. The number of nitrogens with two attached hydrogens (primary N) is 1. The summed E-state index contributed by atoms with van der Waals surface area (Å²) in [4.78, 5) is 21.2. The number of hydrogen-bond donors (Lipinski definition) is 1. The zero-order valence-corrected chi connectivity index (χ0v) is 13.0. The van der Waals surface area contributed by atoms with Gasteiger partial charge >= 0.3 is 0 Å². The van der Waals surface area contributed by atoms with Crippen LogP contribution in [-0.4, -0.2) is 41.5 Å². The molecule has 2 aliphatic rings. The molecule has 3 rings (SSSR count). The first kappa shape index (κ1) is 14.2. The van der Waals surface area contributed by atoms with Gasteiger partial charge in [-0.15, -0.1) is 0 Å². The van der Waals surface area contributed by atoms with E-state index in [2.05, 4.69) is 30.7 Å². The van der Waals surface area contributed by atoms with Gasteiger partial charge in [-0.1, -0.05) is 13.8 Å². The van der Waals surface area contributed by atoms with E-state index in [4.69, 9.17) is 5.73 Å². The van der Waals surface area contributed by atoms with Gasteiger partial charge in [0, 0.05) is 31.6 Å². The van der Waals surface area contributed by atoms with Crippen molar-refractivity contribution in [2.24, 2.45) is 11.3 Å². The van der Waals surface area contributed by atoms with Crippen molar-refractivity contribution in [3.8, 4) is 0 Å². The van der Waals surface area contributed by atoms with Crippen LogP contribution < -0.4 is 10.6 Å². The van der Waals surface area contributed by atoms with Gasteiger partial charge in [0.2, 0.25) is 5.91 Å². The molecule has 1 saturated heterocycles. The molecular weight excluding hydrogens is 264 g/mol. The predicted octanol–water partition coefficient (Wildman–Crippen LogP) is 1.75. The van der Waals surface area contributed by atoms with Crippen LogP contribution in [0.2, 0.25) is 0 Å². The van der Waals surface area contributed by atoms with E-state index in [0.29, 0.717) is 11.6 Å². The summed E-state index contributed by atoms with van der Waals surface area (Å²) in [5.41, 5.74) is 6.57. The lowest BCUT2D eigenvalue weighted by molar-refractivity contribution is -0.134. The van der Waals surface area contributed by atoms with Crippen LogP contribution in [0.15, 0.2) is 18.3 Å². The molecule has 1 aliphatic carbocycles. The molecule has 0 radical (unpaired) electrons. The molecule has 114 valence electrons. The topological polar surface area (TPSA) is 62.5 Å². The third kappa shape index (κ3) is 2.69. The Hall–Kier alpha value is -1.78. The summed E-state index contributed by atoms with van der Waals surface area (Å²) >= 11 is 0. The lowest BCUT2D eigenvalue weighted by Gasteiger charge is -2.40. The number of piperazine rings is 1. The Morgan fingerprint density at radius 3 is 2.62 bits per heavy atom. The zero-order valence-electron chi connectivity index (χ0n) is 13.0. The minimum absolute atomic E-state index is 0.204. The van der Waals surface area contributed by atoms with Crippen LogP contribution in [0.3, 0.4) is 0 Å². The van der Waals surface area contributed by atoms with Crippen LogP contribution in [0.5, 0.6) is 0 Å². The van der Waals surface area contributed by atoms with E-state index < -0.39 is 0 Å². The Balaban J connectivity index is 1.64. The van der Waals surface area contributed by atoms with Crippen LogP contribution in [0.4, 0.5) is 11.5 Å². The standard InChI is InChI=1S/C16H24N4O/c1-11-10-19(15(21)13-8-16(13,2)3)6-7-20(11)14-5-4-12(17)9-18-14/h4-5,9,11,13H,6-8,10,17H2,1-3H3/t11-,13-/m1/s1. The van der Waals surface area contributed by atoms with Crippen molar-refractivity contribution in [3.05, 3.63) is 18.3 Å². The molecule has 2 atom stereocenters. The average molecular weight is 288 g/mol. The van der Waals surface area contributed by atoms with E-state index in [0.717, 1.165) is 31.9 Å². The molecule has 2 fully saturated rings. The summed E-state index contributed by atoms with van der Waals surface area (Å²) in [6.45, 7) is 8.88. The Bertz CT molecular complexity index is 540. The quantitative estimate of drug-likeness (QED) is 0.900. The molecule has 5 heteroatoms. The summed E-state index contributed by atoms with van der Waals surface area (Å²) in [6, 6.07) is 4.10. The monoisotopic (exact) mass is 288 g/mol. The zero-order chi connectivity index (χ0) is 15.2. The van der Waals surface area contributed by atoms with E-state index in [1.54, 1.807) is 6.20 Å². The molecule has 1 aliphatic heterocycles. The summed E-state index contributed by atoms with van der Waals surface area (Å²) in [6.07, 6.45) is 2.71. The van der Waals surface area contributed by atoms with Crippen LogP contribution in [0.25, 0.3) is 0 Å². The second-order valence-corrected chi connectivity index (χ2v) is 7.02. The largest absolute Gasteiger partial charge is 0.397 e. The first-order valence-electron chi connectivity index (χ1n) is 7.65. The first-order chi connectivity index (χ1) is 9.88. The minimum atomic E-state index is 0.204. The lowest BCUT2D eigenvalue weighted by Crippen LogP contribution is -2.54. The van der Waals surface area contributed by atoms with Crippen LogP contribution in [-0.2, 0) is 4.79 Å². The molecule has 1 amide bonds. The van der Waals surface area contributed by atoms with E-state index in [1.165, 1.54) is 0 Å². The van der Waals surface area contributed by atoms with Gasteiger partial charge in [-0.3, -0.25) is 4.79 Å². The number of amides is 1. The Morgan fingerprint density at radius 1 is 1.38 bits per heavy atom. The van der Waals surface area contributed by atoms with E-state index in [9.17, 15) is 4.79 Å². The van der Waals surface area contributed by atoms with Crippen molar-refractivity contribution in [1.29, 1.82) is 0 Å². The number of anilines is 2. The van der Waals surface area contributed by atoms with Gasteiger partial charge in [0.1, 0.15) is 5.82 Å². The Kier molecular flexibility index (Phi) is 3.30. The maximum absolute atomic E-state index is 12.5. The summed E-state index contributed by atoms with van der Waals surface area (Å²) < 4.78 is 0. The second-order valence-electron chi connectivity index (χ2n) is 7.02. The number of rotatable bonds is 2. The van der Waals surface area contributed by atoms with Gasteiger partial charge in [-0.25, -0.2) is 4.98 Å². The number of hydrogen-bond acceptors (Lipinski definition) is 4. The van der Waals surface area contributed by atoms with Gasteiger partial charge in [0.15, 0.2) is 0 Å². The smallest absolute Gasteiger partial charge is 0.226 e. The lowest BCUT2D eigenvalue weighted by atomic mass is 10.1. The number of carbonyl (C=O) groups excluding carboxylic acids is 1. The Labute approximate surface area is 126 Å². The maximum atomic E-state index is 12.5. The highest BCUT2D eigenvalue weighted by molar-refractivity contribution is 5.82.